The van der Waals surface area contributed by atoms with Crippen LogP contribution in [0.1, 0.15) is 16.1 Å². The van der Waals surface area contributed by atoms with Gasteiger partial charge in [0.2, 0.25) is 0 Å². The summed E-state index contributed by atoms with van der Waals surface area (Å²) in [6.45, 7) is 0. The second kappa shape index (κ2) is 5.51. The number of halogens is 4. The van der Waals surface area contributed by atoms with Gasteiger partial charge >= 0.3 is 12.1 Å². The number of hydrogen-bond acceptors (Lipinski definition) is 3. The number of carbonyl (C=O) groups is 1. The number of pyridine rings is 1. The van der Waals surface area contributed by atoms with E-state index in [1.165, 1.54) is 12.1 Å². The molecule has 1 aromatic heterocycles. The Morgan fingerprint density at radius 2 is 1.71 bits per heavy atom. The van der Waals surface area contributed by atoms with Crippen molar-refractivity contribution >= 4 is 5.97 Å². The summed E-state index contributed by atoms with van der Waals surface area (Å²) in [5.74, 6) is -1.37. The normalized spacial score (nSPS) is 11.3. The topological polar surface area (TPSA) is 39.2 Å². The number of rotatable bonds is 2. The molecule has 0 aliphatic heterocycles. The second-order valence-electron chi connectivity index (χ2n) is 4.09. The Morgan fingerprint density at radius 3 is 2.24 bits per heavy atom. The maximum atomic E-state index is 12.9. The molecule has 7 heteroatoms. The minimum absolute atomic E-state index is 0.128. The fourth-order valence-corrected chi connectivity index (χ4v) is 1.72. The lowest BCUT2D eigenvalue weighted by atomic mass is 10.0. The van der Waals surface area contributed by atoms with Crippen LogP contribution in [0.25, 0.3) is 11.3 Å². The van der Waals surface area contributed by atoms with Crippen LogP contribution in [0.5, 0.6) is 0 Å². The molecular formula is C14H9F4NO2. The zero-order valence-corrected chi connectivity index (χ0v) is 10.7. The molecule has 110 valence electrons. The number of ether oxygens (including phenoxy) is 1. The van der Waals surface area contributed by atoms with Crippen LogP contribution < -0.4 is 0 Å². The Bertz CT molecular complexity index is 666. The number of hydrogen-bond donors (Lipinski definition) is 0. The number of aromatic nitrogens is 1. The summed E-state index contributed by atoms with van der Waals surface area (Å²) in [5.41, 5.74) is -1.30. The fourth-order valence-electron chi connectivity index (χ4n) is 1.72. The summed E-state index contributed by atoms with van der Waals surface area (Å²) in [4.78, 5) is 15.1. The van der Waals surface area contributed by atoms with Gasteiger partial charge < -0.3 is 4.74 Å². The van der Waals surface area contributed by atoms with E-state index in [9.17, 15) is 22.4 Å². The van der Waals surface area contributed by atoms with E-state index in [0.29, 0.717) is 6.07 Å². The molecule has 1 aromatic carbocycles. The van der Waals surface area contributed by atoms with Gasteiger partial charge in [-0.25, -0.2) is 14.2 Å². The first kappa shape index (κ1) is 15.0. The monoisotopic (exact) mass is 299 g/mol. The molecular weight excluding hydrogens is 290 g/mol. The van der Waals surface area contributed by atoms with Gasteiger partial charge in [-0.2, -0.15) is 13.2 Å². The van der Waals surface area contributed by atoms with Crippen molar-refractivity contribution in [2.45, 2.75) is 6.18 Å². The predicted molar refractivity (Wildman–Crippen MR) is 66.0 cm³/mol. The number of carbonyl (C=O) groups excluding carboxylic acids is 1. The number of methoxy groups -OCH3 is 1. The molecule has 3 nitrogen and oxygen atoms in total. The molecule has 0 saturated heterocycles. The van der Waals surface area contributed by atoms with E-state index in [0.717, 1.165) is 25.3 Å². The van der Waals surface area contributed by atoms with Crippen LogP contribution in [0.4, 0.5) is 17.6 Å². The van der Waals surface area contributed by atoms with Gasteiger partial charge in [-0.1, -0.05) is 0 Å². The Balaban J connectivity index is 2.63. The second-order valence-corrected chi connectivity index (χ2v) is 4.09. The summed E-state index contributed by atoms with van der Waals surface area (Å²) in [7, 11) is 1.11. The molecule has 1 heterocycles. The van der Waals surface area contributed by atoms with E-state index >= 15 is 0 Å². The minimum atomic E-state index is -4.65. The number of benzene rings is 1. The lowest BCUT2D eigenvalue weighted by Gasteiger charge is -2.11. The predicted octanol–water partition coefficient (Wildman–Crippen LogP) is 3.69. The molecule has 0 fully saturated rings. The number of esters is 1. The highest BCUT2D eigenvalue weighted by Gasteiger charge is 2.33. The number of nitrogens with zero attached hydrogens (tertiary/aromatic N) is 1. The summed E-state index contributed by atoms with van der Waals surface area (Å²) in [6, 6.07) is 6.30. The zero-order valence-electron chi connectivity index (χ0n) is 10.7. The first-order valence-electron chi connectivity index (χ1n) is 5.75. The van der Waals surface area contributed by atoms with E-state index < -0.39 is 23.7 Å². The molecule has 0 aliphatic carbocycles. The maximum absolute atomic E-state index is 12.9. The third-order valence-corrected chi connectivity index (χ3v) is 2.71. The average molecular weight is 299 g/mol. The van der Waals surface area contributed by atoms with Crippen molar-refractivity contribution in [1.29, 1.82) is 0 Å². The molecule has 0 atom stereocenters. The highest BCUT2D eigenvalue weighted by molar-refractivity contribution is 5.96. The maximum Gasteiger partial charge on any atom is 0.433 e. The van der Waals surface area contributed by atoms with Gasteiger partial charge in [0.25, 0.3) is 0 Å². The molecule has 2 rings (SSSR count). The largest absolute Gasteiger partial charge is 0.465 e. The SMILES string of the molecule is COC(=O)c1ccc(C(F)(F)F)nc1-c1ccc(F)cc1. The van der Waals surface area contributed by atoms with E-state index in [4.69, 9.17) is 0 Å². The smallest absolute Gasteiger partial charge is 0.433 e. The third kappa shape index (κ3) is 3.18. The van der Waals surface area contributed by atoms with Crippen LogP contribution in [0, 0.1) is 5.82 Å². The van der Waals surface area contributed by atoms with Crippen molar-refractivity contribution in [2.75, 3.05) is 7.11 Å². The van der Waals surface area contributed by atoms with Crippen molar-refractivity contribution in [2.24, 2.45) is 0 Å². The van der Waals surface area contributed by atoms with Gasteiger partial charge in [-0.15, -0.1) is 0 Å². The highest BCUT2D eigenvalue weighted by atomic mass is 19.4. The molecule has 0 radical (unpaired) electrons. The molecule has 2 aromatic rings. The van der Waals surface area contributed by atoms with Crippen molar-refractivity contribution in [3.05, 3.63) is 53.5 Å². The molecule has 0 amide bonds. The van der Waals surface area contributed by atoms with Crippen LogP contribution in [-0.2, 0) is 10.9 Å². The van der Waals surface area contributed by atoms with E-state index in [-0.39, 0.29) is 16.8 Å². The highest BCUT2D eigenvalue weighted by Crippen LogP contribution is 2.31. The van der Waals surface area contributed by atoms with Crippen LogP contribution >= 0.6 is 0 Å². The molecule has 0 N–H and O–H groups in total. The quantitative estimate of drug-likeness (QED) is 0.627. The van der Waals surface area contributed by atoms with Crippen LogP contribution in [0.15, 0.2) is 36.4 Å². The van der Waals surface area contributed by atoms with Crippen molar-refractivity contribution in [3.63, 3.8) is 0 Å². The van der Waals surface area contributed by atoms with E-state index in [2.05, 4.69) is 9.72 Å². The van der Waals surface area contributed by atoms with E-state index in [1.54, 1.807) is 0 Å². The summed E-state index contributed by atoms with van der Waals surface area (Å²) in [6.07, 6.45) is -4.65. The van der Waals surface area contributed by atoms with Gasteiger partial charge in [0.15, 0.2) is 0 Å². The lowest BCUT2D eigenvalue weighted by Crippen LogP contribution is -2.12. The van der Waals surface area contributed by atoms with Crippen molar-refractivity contribution < 1.29 is 27.1 Å². The molecule has 0 aliphatic rings. The van der Waals surface area contributed by atoms with Crippen molar-refractivity contribution in [3.8, 4) is 11.3 Å². The Morgan fingerprint density at radius 1 is 1.10 bits per heavy atom. The molecule has 0 saturated carbocycles. The lowest BCUT2D eigenvalue weighted by molar-refractivity contribution is -0.141. The van der Waals surface area contributed by atoms with Gasteiger partial charge in [-0.3, -0.25) is 0 Å². The standard InChI is InChI=1S/C14H9F4NO2/c1-21-13(20)10-6-7-11(14(16,17)18)19-12(10)8-2-4-9(15)5-3-8/h2-7H,1H3. The summed E-state index contributed by atoms with van der Waals surface area (Å²) < 4.78 is 55.6. The van der Waals surface area contributed by atoms with Gasteiger partial charge in [0.05, 0.1) is 18.4 Å². The fraction of sp³-hybridized carbons (Fsp3) is 0.143. The van der Waals surface area contributed by atoms with Gasteiger partial charge in [-0.05, 0) is 36.4 Å². The third-order valence-electron chi connectivity index (χ3n) is 2.71. The average Bonchev–Trinajstić information content (AvgIpc) is 2.45. The summed E-state index contributed by atoms with van der Waals surface area (Å²) >= 11 is 0. The Hall–Kier alpha value is -2.44. The molecule has 21 heavy (non-hydrogen) atoms. The van der Waals surface area contributed by atoms with Crippen LogP contribution in [0.3, 0.4) is 0 Å². The minimum Gasteiger partial charge on any atom is -0.465 e. The van der Waals surface area contributed by atoms with Crippen LogP contribution in [-0.4, -0.2) is 18.1 Å². The first-order valence-corrected chi connectivity index (χ1v) is 5.75. The first-order chi connectivity index (χ1) is 9.82. The Kier molecular flexibility index (Phi) is 3.93. The van der Waals surface area contributed by atoms with E-state index in [1.807, 2.05) is 0 Å². The molecule has 0 bridgehead atoms. The van der Waals surface area contributed by atoms with Crippen LogP contribution in [0.2, 0.25) is 0 Å². The summed E-state index contributed by atoms with van der Waals surface area (Å²) in [5, 5.41) is 0. The van der Waals surface area contributed by atoms with Gasteiger partial charge in [0.1, 0.15) is 11.5 Å². The molecule has 0 unspecified atom stereocenters. The zero-order chi connectivity index (χ0) is 15.6. The van der Waals surface area contributed by atoms with Gasteiger partial charge in [0, 0.05) is 5.56 Å². The molecule has 0 spiro atoms. The van der Waals surface area contributed by atoms with Crippen molar-refractivity contribution in [1.82, 2.24) is 4.98 Å². The Labute approximate surface area is 117 Å². The number of alkyl halides is 3.